The molecule has 0 bridgehead atoms. The van der Waals surface area contributed by atoms with Crippen molar-refractivity contribution in [3.05, 3.63) is 47.8 Å². The van der Waals surface area contributed by atoms with Gasteiger partial charge in [0.15, 0.2) is 0 Å². The standard InChI is InChI=1S/C28H38N6O4/c35-27(21-8-16-34(18-21)25-5-1-2-12-29-25)32-24(28(36)37)10-15-33-14-9-23(19-33)38-17-11-22-7-6-20-4-3-13-30-26(20)31-22/h1-2,5-7,12,21,23-24H,3-4,8-11,13-19H2,(H,30,31)(H,32,35)(H,36,37). The number of carbonyl (C=O) groups is 2. The van der Waals surface area contributed by atoms with Crippen molar-refractivity contribution in [3.63, 3.8) is 0 Å². The lowest BCUT2D eigenvalue weighted by atomic mass is 10.1. The van der Waals surface area contributed by atoms with Crippen LogP contribution in [0.4, 0.5) is 11.6 Å². The summed E-state index contributed by atoms with van der Waals surface area (Å²) in [5.41, 5.74) is 2.33. The van der Waals surface area contributed by atoms with Crippen LogP contribution in [0.15, 0.2) is 36.5 Å². The largest absolute Gasteiger partial charge is 0.480 e. The molecule has 1 amide bonds. The smallest absolute Gasteiger partial charge is 0.326 e. The van der Waals surface area contributed by atoms with Gasteiger partial charge in [-0.25, -0.2) is 14.8 Å². The number of nitrogens with zero attached hydrogens (tertiary/aromatic N) is 4. The molecule has 3 aliphatic rings. The molecule has 5 rings (SSSR count). The second-order valence-electron chi connectivity index (χ2n) is 10.5. The van der Waals surface area contributed by atoms with Crippen molar-refractivity contribution in [3.8, 4) is 0 Å². The first-order valence-corrected chi connectivity index (χ1v) is 13.8. The van der Waals surface area contributed by atoms with Gasteiger partial charge >= 0.3 is 5.97 Å². The zero-order valence-electron chi connectivity index (χ0n) is 21.8. The molecular weight excluding hydrogens is 484 g/mol. The Labute approximate surface area is 223 Å². The molecule has 38 heavy (non-hydrogen) atoms. The van der Waals surface area contributed by atoms with Gasteiger partial charge in [0.1, 0.15) is 17.7 Å². The minimum absolute atomic E-state index is 0.139. The maximum absolute atomic E-state index is 12.8. The van der Waals surface area contributed by atoms with Crippen molar-refractivity contribution in [1.29, 1.82) is 0 Å². The normalized spacial score (nSPS) is 22.1. The van der Waals surface area contributed by atoms with Crippen LogP contribution in [0.25, 0.3) is 0 Å². The molecule has 0 spiro atoms. The molecule has 2 fully saturated rings. The second kappa shape index (κ2) is 12.5. The zero-order valence-corrected chi connectivity index (χ0v) is 21.8. The van der Waals surface area contributed by atoms with E-state index in [4.69, 9.17) is 9.72 Å². The van der Waals surface area contributed by atoms with E-state index in [1.54, 1.807) is 6.20 Å². The quantitative estimate of drug-likeness (QED) is 0.407. The Balaban J connectivity index is 1.02. The average Bonchev–Trinajstić information content (AvgIpc) is 3.61. The molecule has 0 radical (unpaired) electrons. The fourth-order valence-corrected chi connectivity index (χ4v) is 5.56. The lowest BCUT2D eigenvalue weighted by Gasteiger charge is -2.21. The number of rotatable bonds is 11. The average molecular weight is 523 g/mol. The number of pyridine rings is 2. The molecule has 10 heteroatoms. The van der Waals surface area contributed by atoms with E-state index < -0.39 is 12.0 Å². The number of hydrogen-bond donors (Lipinski definition) is 3. The summed E-state index contributed by atoms with van der Waals surface area (Å²) in [7, 11) is 0. The van der Waals surface area contributed by atoms with E-state index in [9.17, 15) is 14.7 Å². The van der Waals surface area contributed by atoms with Crippen molar-refractivity contribution in [2.24, 2.45) is 5.92 Å². The van der Waals surface area contributed by atoms with Gasteiger partial charge in [0.2, 0.25) is 5.91 Å². The van der Waals surface area contributed by atoms with Crippen molar-refractivity contribution >= 4 is 23.5 Å². The summed E-state index contributed by atoms with van der Waals surface area (Å²) in [6.07, 6.45) is 6.88. The molecule has 0 aliphatic carbocycles. The van der Waals surface area contributed by atoms with Gasteiger partial charge in [0, 0.05) is 57.6 Å². The molecule has 0 aromatic carbocycles. The van der Waals surface area contributed by atoms with Crippen molar-refractivity contribution in [2.75, 3.05) is 56.1 Å². The molecule has 2 aromatic rings. The third-order valence-electron chi connectivity index (χ3n) is 7.77. The van der Waals surface area contributed by atoms with Gasteiger partial charge in [-0.2, -0.15) is 0 Å². The number of likely N-dealkylation sites (tertiary alicyclic amines) is 1. The minimum atomic E-state index is -0.989. The van der Waals surface area contributed by atoms with Crippen LogP contribution in [0.5, 0.6) is 0 Å². The fraction of sp³-hybridized carbons (Fsp3) is 0.571. The van der Waals surface area contributed by atoms with Crippen LogP contribution in [0.3, 0.4) is 0 Å². The highest BCUT2D eigenvalue weighted by Gasteiger charge is 2.32. The number of anilines is 2. The van der Waals surface area contributed by atoms with Gasteiger partial charge in [-0.15, -0.1) is 0 Å². The third-order valence-corrected chi connectivity index (χ3v) is 7.77. The van der Waals surface area contributed by atoms with Gasteiger partial charge in [-0.05, 0) is 55.9 Å². The Morgan fingerprint density at radius 1 is 1.18 bits per heavy atom. The molecule has 3 aliphatic heterocycles. The van der Waals surface area contributed by atoms with E-state index >= 15 is 0 Å². The number of carboxylic acid groups (broad SMARTS) is 1. The molecule has 0 saturated carbocycles. The summed E-state index contributed by atoms with van der Waals surface area (Å²) in [4.78, 5) is 38.1. The topological polar surface area (TPSA) is 120 Å². The zero-order chi connectivity index (χ0) is 26.3. The Morgan fingerprint density at radius 2 is 2.11 bits per heavy atom. The first-order valence-electron chi connectivity index (χ1n) is 13.8. The molecular formula is C28H38N6O4. The highest BCUT2D eigenvalue weighted by Crippen LogP contribution is 2.23. The van der Waals surface area contributed by atoms with Crippen LogP contribution in [-0.4, -0.2) is 89.9 Å². The molecule has 3 N–H and O–H groups in total. The summed E-state index contributed by atoms with van der Waals surface area (Å²) in [5.74, 6) is 0.448. The van der Waals surface area contributed by atoms with Gasteiger partial charge in [0.25, 0.3) is 0 Å². The van der Waals surface area contributed by atoms with Crippen LogP contribution >= 0.6 is 0 Å². The van der Waals surface area contributed by atoms with E-state index in [0.717, 1.165) is 69.2 Å². The highest BCUT2D eigenvalue weighted by atomic mass is 16.5. The predicted molar refractivity (Wildman–Crippen MR) is 144 cm³/mol. The monoisotopic (exact) mass is 522 g/mol. The molecule has 204 valence electrons. The number of hydrogen-bond acceptors (Lipinski definition) is 8. The van der Waals surface area contributed by atoms with E-state index in [0.29, 0.717) is 32.5 Å². The number of aryl methyl sites for hydroxylation is 1. The van der Waals surface area contributed by atoms with Gasteiger partial charge in [0.05, 0.1) is 18.6 Å². The fourth-order valence-electron chi connectivity index (χ4n) is 5.56. The van der Waals surface area contributed by atoms with Crippen molar-refractivity contribution in [2.45, 2.75) is 50.7 Å². The van der Waals surface area contributed by atoms with E-state index in [1.807, 2.05) is 18.2 Å². The SMILES string of the molecule is O=C(NC(CCN1CCC(OCCc2ccc3c(n2)NCCC3)C1)C(=O)O)C1CCN(c2ccccn2)C1. The molecule has 10 nitrogen and oxygen atoms in total. The highest BCUT2D eigenvalue weighted by molar-refractivity contribution is 5.85. The third kappa shape index (κ3) is 6.79. The van der Waals surface area contributed by atoms with Crippen molar-refractivity contribution < 1.29 is 19.4 Å². The molecule has 5 heterocycles. The summed E-state index contributed by atoms with van der Waals surface area (Å²) >= 11 is 0. The van der Waals surface area contributed by atoms with Crippen LogP contribution in [0.1, 0.15) is 36.9 Å². The molecule has 3 atom stereocenters. The summed E-state index contributed by atoms with van der Waals surface area (Å²) in [6, 6.07) is 9.08. The van der Waals surface area contributed by atoms with E-state index in [1.165, 1.54) is 5.56 Å². The Bertz CT molecular complexity index is 1100. The second-order valence-corrected chi connectivity index (χ2v) is 10.5. The Hall–Kier alpha value is -3.24. The minimum Gasteiger partial charge on any atom is -0.480 e. The van der Waals surface area contributed by atoms with Gasteiger partial charge in [-0.1, -0.05) is 12.1 Å². The first-order chi connectivity index (χ1) is 18.5. The summed E-state index contributed by atoms with van der Waals surface area (Å²) in [5, 5.41) is 15.9. The number of aromatic nitrogens is 2. The Kier molecular flexibility index (Phi) is 8.70. The Morgan fingerprint density at radius 3 is 2.95 bits per heavy atom. The first kappa shape index (κ1) is 26.4. The van der Waals surface area contributed by atoms with Crippen molar-refractivity contribution in [1.82, 2.24) is 20.2 Å². The number of carboxylic acids is 1. The summed E-state index contributed by atoms with van der Waals surface area (Å²) in [6.45, 7) is 5.15. The van der Waals surface area contributed by atoms with E-state index in [2.05, 4.69) is 37.6 Å². The lowest BCUT2D eigenvalue weighted by molar-refractivity contribution is -0.142. The maximum atomic E-state index is 12.8. The summed E-state index contributed by atoms with van der Waals surface area (Å²) < 4.78 is 6.12. The number of nitrogens with one attached hydrogen (secondary N) is 2. The van der Waals surface area contributed by atoms with E-state index in [-0.39, 0.29) is 17.9 Å². The van der Waals surface area contributed by atoms with Crippen LogP contribution in [-0.2, 0) is 27.2 Å². The maximum Gasteiger partial charge on any atom is 0.326 e. The van der Waals surface area contributed by atoms with Gasteiger partial charge in [-0.3, -0.25) is 4.79 Å². The molecule has 2 saturated heterocycles. The predicted octanol–water partition coefficient (Wildman–Crippen LogP) is 1.95. The number of carbonyl (C=O) groups excluding carboxylic acids is 1. The molecule has 3 unspecified atom stereocenters. The van der Waals surface area contributed by atoms with Gasteiger partial charge < -0.3 is 30.3 Å². The molecule has 2 aromatic heterocycles. The number of fused-ring (bicyclic) bond motifs is 1. The number of aliphatic carboxylic acids is 1. The van der Waals surface area contributed by atoms with Crippen LogP contribution < -0.4 is 15.5 Å². The van der Waals surface area contributed by atoms with Crippen LogP contribution in [0, 0.1) is 5.92 Å². The number of ether oxygens (including phenoxy) is 1. The lowest BCUT2D eigenvalue weighted by Crippen LogP contribution is -2.45. The van der Waals surface area contributed by atoms with Crippen LogP contribution in [0.2, 0.25) is 0 Å². The number of amides is 1.